The van der Waals surface area contributed by atoms with Crippen molar-refractivity contribution in [3.8, 4) is 5.75 Å². The summed E-state index contributed by atoms with van der Waals surface area (Å²) >= 11 is 8.88. The number of methoxy groups -OCH3 is 1. The van der Waals surface area contributed by atoms with Gasteiger partial charge in [0.25, 0.3) is 0 Å². The van der Waals surface area contributed by atoms with Crippen LogP contribution >= 0.6 is 28.1 Å². The molecule has 0 radical (unpaired) electrons. The molecule has 0 aliphatic heterocycles. The van der Waals surface area contributed by atoms with E-state index in [1.807, 2.05) is 42.5 Å². The summed E-state index contributed by atoms with van der Waals surface area (Å²) in [5.41, 5.74) is 2.12. The van der Waals surface area contributed by atoms with Gasteiger partial charge in [-0.15, -0.1) is 0 Å². The van der Waals surface area contributed by atoms with Gasteiger partial charge in [-0.05, 0) is 42.5 Å². The monoisotopic (exact) mass is 408 g/mol. The van der Waals surface area contributed by atoms with E-state index in [1.54, 1.807) is 7.11 Å². The zero-order valence-corrected chi connectivity index (χ0v) is 16.5. The molecular weight excluding hydrogens is 386 g/mol. The van der Waals surface area contributed by atoms with Crippen LogP contribution in [0.25, 0.3) is 0 Å². The van der Waals surface area contributed by atoms with Gasteiger partial charge < -0.3 is 20.3 Å². The third-order valence-electron chi connectivity index (χ3n) is 3.76. The summed E-state index contributed by atoms with van der Waals surface area (Å²) < 4.78 is 6.51. The second-order valence-corrected chi connectivity index (χ2v) is 7.04. The molecule has 2 rings (SSSR count). The smallest absolute Gasteiger partial charge is 0.171 e. The minimum absolute atomic E-state index is 0.225. The molecule has 4 nitrogen and oxygen atoms in total. The summed E-state index contributed by atoms with van der Waals surface area (Å²) in [6.45, 7) is 0.711. The molecule has 0 aliphatic rings. The van der Waals surface area contributed by atoms with Gasteiger partial charge in [0, 0.05) is 10.2 Å². The minimum Gasteiger partial charge on any atom is -0.496 e. The highest BCUT2D eigenvalue weighted by Gasteiger charge is 2.21. The number of ether oxygens (including phenoxy) is 1. The van der Waals surface area contributed by atoms with Gasteiger partial charge in [0.2, 0.25) is 0 Å². The molecule has 128 valence electrons. The van der Waals surface area contributed by atoms with Crippen LogP contribution in [0.2, 0.25) is 0 Å². The van der Waals surface area contributed by atoms with Gasteiger partial charge in [-0.1, -0.05) is 34.1 Å². The van der Waals surface area contributed by atoms with E-state index in [9.17, 15) is 0 Å². The molecule has 0 unspecified atom stereocenters. The maximum atomic E-state index is 5.50. The molecule has 3 N–H and O–H groups in total. The Labute approximate surface area is 157 Å². The summed E-state index contributed by atoms with van der Waals surface area (Å²) in [6.07, 6.45) is 0. The minimum atomic E-state index is 0.225. The fourth-order valence-electron chi connectivity index (χ4n) is 2.52. The predicted octanol–water partition coefficient (Wildman–Crippen LogP) is 2.63. The molecule has 6 heteroatoms. The van der Waals surface area contributed by atoms with Crippen LogP contribution in [0, 0.1) is 0 Å². The Morgan fingerprint density at radius 1 is 1.21 bits per heavy atom. The van der Waals surface area contributed by atoms with Crippen LogP contribution < -0.4 is 20.3 Å². The highest BCUT2D eigenvalue weighted by atomic mass is 79.9. The standard InChI is InChI=1S/C18H22BrN3OS/c1-22(2)16(15-9-4-5-10-17(15)23-3)12-20-18(24)21-14-8-6-7-13(19)11-14/h4-11,16H,12H2,1-3H3,(H2,20,21,24)/p+1/t16-/m0/s1. The molecule has 0 saturated heterocycles. The molecule has 0 aromatic heterocycles. The molecule has 0 amide bonds. The average molecular weight is 409 g/mol. The molecule has 0 aliphatic carbocycles. The van der Waals surface area contributed by atoms with Crippen LogP contribution in [0.4, 0.5) is 5.69 Å². The normalized spacial score (nSPS) is 11.9. The fraction of sp³-hybridized carbons (Fsp3) is 0.278. The number of thiocarbonyl (C=S) groups is 1. The number of nitrogens with one attached hydrogen (secondary N) is 3. The van der Waals surface area contributed by atoms with E-state index >= 15 is 0 Å². The number of anilines is 1. The van der Waals surface area contributed by atoms with E-state index in [-0.39, 0.29) is 6.04 Å². The molecule has 0 bridgehead atoms. The Balaban J connectivity index is 2.02. The van der Waals surface area contributed by atoms with Crippen LogP contribution in [-0.2, 0) is 0 Å². The lowest BCUT2D eigenvalue weighted by Gasteiger charge is -2.24. The molecule has 2 aromatic rings. The van der Waals surface area contributed by atoms with Crippen LogP contribution in [0.15, 0.2) is 53.0 Å². The first-order chi connectivity index (χ1) is 11.5. The zero-order chi connectivity index (χ0) is 17.5. The second-order valence-electron chi connectivity index (χ2n) is 5.72. The number of halogens is 1. The van der Waals surface area contributed by atoms with E-state index < -0.39 is 0 Å². The van der Waals surface area contributed by atoms with Gasteiger partial charge in [0.15, 0.2) is 5.11 Å². The number of benzene rings is 2. The summed E-state index contributed by atoms with van der Waals surface area (Å²) in [4.78, 5) is 1.30. The lowest BCUT2D eigenvalue weighted by molar-refractivity contribution is -0.890. The maximum absolute atomic E-state index is 5.50. The first-order valence-corrected chi connectivity index (χ1v) is 8.94. The van der Waals surface area contributed by atoms with Crippen LogP contribution in [0.5, 0.6) is 5.75 Å². The third kappa shape index (κ3) is 5.19. The van der Waals surface area contributed by atoms with E-state index in [2.05, 4.69) is 46.7 Å². The molecular formula is C18H23BrN3OS+. The first-order valence-electron chi connectivity index (χ1n) is 7.74. The number of hydrogen-bond acceptors (Lipinski definition) is 2. The molecule has 24 heavy (non-hydrogen) atoms. The molecule has 0 heterocycles. The van der Waals surface area contributed by atoms with Crippen molar-refractivity contribution >= 4 is 38.9 Å². The van der Waals surface area contributed by atoms with Crippen molar-refractivity contribution in [3.05, 3.63) is 58.6 Å². The summed E-state index contributed by atoms with van der Waals surface area (Å²) in [6, 6.07) is 16.3. The Morgan fingerprint density at radius 3 is 2.62 bits per heavy atom. The van der Waals surface area contributed by atoms with Crippen molar-refractivity contribution in [2.45, 2.75) is 6.04 Å². The lowest BCUT2D eigenvalue weighted by atomic mass is 10.0. The Bertz CT molecular complexity index is 693. The summed E-state index contributed by atoms with van der Waals surface area (Å²) in [5.74, 6) is 0.899. The van der Waals surface area contributed by atoms with Crippen molar-refractivity contribution in [2.75, 3.05) is 33.1 Å². The molecule has 0 fully saturated rings. The molecule has 0 saturated carbocycles. The third-order valence-corrected chi connectivity index (χ3v) is 4.50. The number of hydrogen-bond donors (Lipinski definition) is 3. The Hall–Kier alpha value is -1.63. The molecule has 0 spiro atoms. The van der Waals surface area contributed by atoms with E-state index in [0.29, 0.717) is 11.7 Å². The fourth-order valence-corrected chi connectivity index (χ4v) is 3.12. The van der Waals surface area contributed by atoms with E-state index in [4.69, 9.17) is 17.0 Å². The van der Waals surface area contributed by atoms with Crippen LogP contribution in [0.3, 0.4) is 0 Å². The first kappa shape index (κ1) is 18.7. The highest BCUT2D eigenvalue weighted by Crippen LogP contribution is 2.22. The van der Waals surface area contributed by atoms with Crippen molar-refractivity contribution in [1.29, 1.82) is 0 Å². The summed E-state index contributed by atoms with van der Waals surface area (Å²) in [7, 11) is 5.96. The number of quaternary nitrogens is 1. The van der Waals surface area contributed by atoms with Gasteiger partial charge in [-0.25, -0.2) is 0 Å². The molecule has 2 aromatic carbocycles. The predicted molar refractivity (Wildman–Crippen MR) is 107 cm³/mol. The Kier molecular flexibility index (Phi) is 7.02. The number of rotatable bonds is 6. The quantitative estimate of drug-likeness (QED) is 0.642. The zero-order valence-electron chi connectivity index (χ0n) is 14.1. The Morgan fingerprint density at radius 2 is 1.96 bits per heavy atom. The van der Waals surface area contributed by atoms with Gasteiger partial charge in [-0.2, -0.15) is 0 Å². The van der Waals surface area contributed by atoms with Gasteiger partial charge >= 0.3 is 0 Å². The van der Waals surface area contributed by atoms with E-state index in [0.717, 1.165) is 21.5 Å². The highest BCUT2D eigenvalue weighted by molar-refractivity contribution is 9.10. The largest absolute Gasteiger partial charge is 0.496 e. The number of likely N-dealkylation sites (N-methyl/N-ethyl adjacent to an activating group) is 1. The maximum Gasteiger partial charge on any atom is 0.171 e. The van der Waals surface area contributed by atoms with Gasteiger partial charge in [0.05, 0.1) is 33.3 Å². The lowest BCUT2D eigenvalue weighted by Crippen LogP contribution is -3.07. The SMILES string of the molecule is COc1ccccc1[C@H](CNC(=S)Nc1cccc(Br)c1)[NH+](C)C. The molecule has 1 atom stereocenters. The summed E-state index contributed by atoms with van der Waals surface area (Å²) in [5, 5.41) is 7.12. The van der Waals surface area contributed by atoms with Crippen molar-refractivity contribution < 1.29 is 9.64 Å². The van der Waals surface area contributed by atoms with Crippen LogP contribution in [0.1, 0.15) is 11.6 Å². The van der Waals surface area contributed by atoms with E-state index in [1.165, 1.54) is 4.90 Å². The van der Waals surface area contributed by atoms with Crippen molar-refractivity contribution in [1.82, 2.24) is 5.32 Å². The van der Waals surface area contributed by atoms with Crippen LogP contribution in [-0.4, -0.2) is 32.9 Å². The number of para-hydroxylation sites is 1. The van der Waals surface area contributed by atoms with Crippen molar-refractivity contribution in [3.63, 3.8) is 0 Å². The van der Waals surface area contributed by atoms with Gasteiger partial charge in [0.1, 0.15) is 11.8 Å². The second kappa shape index (κ2) is 9.01. The van der Waals surface area contributed by atoms with Gasteiger partial charge in [-0.3, -0.25) is 0 Å². The average Bonchev–Trinajstić information content (AvgIpc) is 2.55. The van der Waals surface area contributed by atoms with Crippen molar-refractivity contribution in [2.24, 2.45) is 0 Å². The topological polar surface area (TPSA) is 37.7 Å².